The summed E-state index contributed by atoms with van der Waals surface area (Å²) in [5.41, 5.74) is 2.37. The minimum absolute atomic E-state index is 0.0899. The Morgan fingerprint density at radius 2 is 1.87 bits per heavy atom. The minimum atomic E-state index is -0.0899. The molecule has 2 aromatic carbocycles. The van der Waals surface area contributed by atoms with Gasteiger partial charge in [0.05, 0.1) is 13.0 Å². The number of carbonyl (C=O) groups is 1. The van der Waals surface area contributed by atoms with Crippen molar-refractivity contribution in [2.45, 2.75) is 12.8 Å². The molecule has 6 heteroatoms. The highest BCUT2D eigenvalue weighted by molar-refractivity contribution is 5.79. The fourth-order valence-electron chi connectivity index (χ4n) is 4.18. The second-order valence-corrected chi connectivity index (χ2v) is 7.99. The van der Waals surface area contributed by atoms with Gasteiger partial charge in [0.25, 0.3) is 0 Å². The number of nitrogens with one attached hydrogen (secondary N) is 1. The van der Waals surface area contributed by atoms with E-state index in [0.717, 1.165) is 69.2 Å². The van der Waals surface area contributed by atoms with Gasteiger partial charge in [-0.05, 0) is 55.3 Å². The van der Waals surface area contributed by atoms with Crippen molar-refractivity contribution in [1.29, 1.82) is 0 Å². The molecule has 1 atom stereocenters. The molecule has 30 heavy (non-hydrogen) atoms. The van der Waals surface area contributed by atoms with E-state index in [0.29, 0.717) is 6.61 Å². The van der Waals surface area contributed by atoms with Gasteiger partial charge in [0.2, 0.25) is 5.91 Å². The van der Waals surface area contributed by atoms with Crippen molar-refractivity contribution < 1.29 is 14.3 Å². The van der Waals surface area contributed by atoms with Crippen molar-refractivity contribution in [3.63, 3.8) is 0 Å². The Bertz CT molecular complexity index is 832. The van der Waals surface area contributed by atoms with E-state index in [-0.39, 0.29) is 11.8 Å². The highest BCUT2D eigenvalue weighted by atomic mass is 16.5. The van der Waals surface area contributed by atoms with E-state index in [4.69, 9.17) is 9.47 Å². The maximum Gasteiger partial charge on any atom is 0.226 e. The zero-order chi connectivity index (χ0) is 20.8. The van der Waals surface area contributed by atoms with Crippen molar-refractivity contribution in [1.82, 2.24) is 10.2 Å². The van der Waals surface area contributed by atoms with E-state index in [9.17, 15) is 4.79 Å². The van der Waals surface area contributed by atoms with Crippen molar-refractivity contribution in [2.24, 2.45) is 5.92 Å². The van der Waals surface area contributed by atoms with Crippen LogP contribution < -0.4 is 19.7 Å². The molecule has 1 amide bonds. The highest BCUT2D eigenvalue weighted by Crippen LogP contribution is 2.26. The van der Waals surface area contributed by atoms with Crippen LogP contribution in [0.2, 0.25) is 0 Å². The van der Waals surface area contributed by atoms with Crippen LogP contribution in [0.1, 0.15) is 12.0 Å². The molecule has 2 heterocycles. The van der Waals surface area contributed by atoms with Crippen molar-refractivity contribution in [2.75, 3.05) is 57.9 Å². The van der Waals surface area contributed by atoms with Crippen molar-refractivity contribution in [3.8, 4) is 11.5 Å². The number of anilines is 1. The fourth-order valence-corrected chi connectivity index (χ4v) is 4.18. The lowest BCUT2D eigenvalue weighted by Crippen LogP contribution is -2.47. The Balaban J connectivity index is 1.13. The lowest BCUT2D eigenvalue weighted by atomic mass is 9.96. The Morgan fingerprint density at radius 1 is 1.10 bits per heavy atom. The Kier molecular flexibility index (Phi) is 6.74. The van der Waals surface area contributed by atoms with Crippen LogP contribution in [-0.2, 0) is 11.2 Å². The summed E-state index contributed by atoms with van der Waals surface area (Å²) in [4.78, 5) is 17.4. The van der Waals surface area contributed by atoms with Gasteiger partial charge in [0, 0.05) is 38.4 Å². The molecule has 2 aromatic rings. The molecule has 0 bridgehead atoms. The first kappa shape index (κ1) is 20.5. The second-order valence-electron chi connectivity index (χ2n) is 7.99. The number of hydrogen-bond donors (Lipinski definition) is 1. The van der Waals surface area contributed by atoms with Crippen LogP contribution in [0.3, 0.4) is 0 Å². The van der Waals surface area contributed by atoms with Crippen molar-refractivity contribution >= 4 is 11.6 Å². The molecule has 2 aliphatic rings. The molecule has 0 saturated carbocycles. The van der Waals surface area contributed by atoms with Gasteiger partial charge < -0.3 is 19.7 Å². The maximum absolute atomic E-state index is 12.5. The molecular formula is C24H31N3O3. The van der Waals surface area contributed by atoms with Crippen LogP contribution in [0.4, 0.5) is 5.69 Å². The Morgan fingerprint density at radius 3 is 2.63 bits per heavy atom. The van der Waals surface area contributed by atoms with Crippen LogP contribution in [0.15, 0.2) is 48.5 Å². The molecule has 4 rings (SSSR count). The summed E-state index contributed by atoms with van der Waals surface area (Å²) < 4.78 is 11.0. The van der Waals surface area contributed by atoms with E-state index in [1.165, 1.54) is 5.69 Å². The Hall–Kier alpha value is -2.73. The number of hydrogen-bond acceptors (Lipinski definition) is 5. The number of piperazine rings is 1. The monoisotopic (exact) mass is 409 g/mol. The predicted molar refractivity (Wildman–Crippen MR) is 118 cm³/mol. The first-order chi connectivity index (χ1) is 14.7. The first-order valence-corrected chi connectivity index (χ1v) is 10.8. The van der Waals surface area contributed by atoms with Crippen molar-refractivity contribution in [3.05, 3.63) is 54.1 Å². The third-order valence-electron chi connectivity index (χ3n) is 6.01. The van der Waals surface area contributed by atoms with E-state index in [1.807, 2.05) is 36.4 Å². The molecule has 0 radical (unpaired) electrons. The van der Waals surface area contributed by atoms with Gasteiger partial charge in [-0.2, -0.15) is 0 Å². The first-order valence-electron chi connectivity index (χ1n) is 10.8. The molecule has 0 spiro atoms. The molecule has 160 valence electrons. The zero-order valence-electron chi connectivity index (χ0n) is 17.7. The number of benzene rings is 2. The summed E-state index contributed by atoms with van der Waals surface area (Å²) in [6.07, 6.45) is 1.73. The Labute approximate surface area is 178 Å². The normalized spacial score (nSPS) is 19.0. The third-order valence-corrected chi connectivity index (χ3v) is 6.01. The van der Waals surface area contributed by atoms with Crippen LogP contribution >= 0.6 is 0 Å². The van der Waals surface area contributed by atoms with E-state index < -0.39 is 0 Å². The smallest absolute Gasteiger partial charge is 0.226 e. The molecule has 0 unspecified atom stereocenters. The van der Waals surface area contributed by atoms with Crippen LogP contribution in [0, 0.1) is 5.92 Å². The zero-order valence-corrected chi connectivity index (χ0v) is 17.7. The summed E-state index contributed by atoms with van der Waals surface area (Å²) in [7, 11) is 1.69. The number of amides is 1. The maximum atomic E-state index is 12.5. The molecule has 1 N–H and O–H groups in total. The van der Waals surface area contributed by atoms with E-state index in [2.05, 4.69) is 27.2 Å². The van der Waals surface area contributed by atoms with E-state index >= 15 is 0 Å². The minimum Gasteiger partial charge on any atom is -0.497 e. The third kappa shape index (κ3) is 5.05. The van der Waals surface area contributed by atoms with E-state index in [1.54, 1.807) is 7.11 Å². The average Bonchev–Trinajstić information content (AvgIpc) is 2.82. The van der Waals surface area contributed by atoms with Crippen LogP contribution in [0.5, 0.6) is 11.5 Å². The van der Waals surface area contributed by atoms with Gasteiger partial charge in [-0.3, -0.25) is 9.69 Å². The molecule has 0 aliphatic carbocycles. The topological polar surface area (TPSA) is 54.0 Å². The molecule has 6 nitrogen and oxygen atoms in total. The molecule has 1 saturated heterocycles. The number of fused-ring (bicyclic) bond motifs is 1. The lowest BCUT2D eigenvalue weighted by Gasteiger charge is -2.36. The van der Waals surface area contributed by atoms with Gasteiger partial charge in [0.1, 0.15) is 18.1 Å². The van der Waals surface area contributed by atoms with Gasteiger partial charge >= 0.3 is 0 Å². The SMILES string of the molecule is COc1ccc(N2CCN(CCCNC(=O)[C@H]3COc4ccccc4C3)CC2)cc1. The van der Waals surface area contributed by atoms with Gasteiger partial charge in [-0.25, -0.2) is 0 Å². The van der Waals surface area contributed by atoms with Gasteiger partial charge in [0.15, 0.2) is 0 Å². The lowest BCUT2D eigenvalue weighted by molar-refractivity contribution is -0.126. The quantitative estimate of drug-likeness (QED) is 0.713. The number of carbonyl (C=O) groups excluding carboxylic acids is 1. The summed E-state index contributed by atoms with van der Waals surface area (Å²) in [6.45, 7) is 6.35. The van der Waals surface area contributed by atoms with Crippen LogP contribution in [0.25, 0.3) is 0 Å². The fraction of sp³-hybridized carbons (Fsp3) is 0.458. The molecule has 1 fully saturated rings. The number of rotatable bonds is 7. The average molecular weight is 410 g/mol. The summed E-state index contributed by atoms with van der Waals surface area (Å²) in [5, 5.41) is 3.10. The molecule has 2 aliphatic heterocycles. The largest absolute Gasteiger partial charge is 0.497 e. The summed E-state index contributed by atoms with van der Waals surface area (Å²) in [5.74, 6) is 1.82. The van der Waals surface area contributed by atoms with Gasteiger partial charge in [-0.1, -0.05) is 18.2 Å². The van der Waals surface area contributed by atoms with Crippen LogP contribution in [-0.4, -0.2) is 63.8 Å². The number of methoxy groups -OCH3 is 1. The summed E-state index contributed by atoms with van der Waals surface area (Å²) in [6, 6.07) is 16.3. The summed E-state index contributed by atoms with van der Waals surface area (Å²) >= 11 is 0. The van der Waals surface area contributed by atoms with Gasteiger partial charge in [-0.15, -0.1) is 0 Å². The highest BCUT2D eigenvalue weighted by Gasteiger charge is 2.25. The number of para-hydroxylation sites is 1. The number of ether oxygens (including phenoxy) is 2. The molecular weight excluding hydrogens is 378 g/mol. The predicted octanol–water partition coefficient (Wildman–Crippen LogP) is 2.57. The number of nitrogens with zero attached hydrogens (tertiary/aromatic N) is 2. The standard InChI is InChI=1S/C24H31N3O3/c1-29-22-9-7-21(8-10-22)27-15-13-26(14-16-27)12-4-11-25-24(28)20-17-19-5-2-3-6-23(19)30-18-20/h2-3,5-10,20H,4,11-18H2,1H3,(H,25,28)/t20-/m1/s1. The molecule has 0 aromatic heterocycles. The second kappa shape index (κ2) is 9.85.